The first-order valence-corrected chi connectivity index (χ1v) is 29.0. The topological polar surface area (TPSA) is 78.9 Å². The van der Waals surface area contributed by atoms with Crippen molar-refractivity contribution in [3.63, 3.8) is 0 Å². The maximum atomic E-state index is 12.9. The molecule has 70 heavy (non-hydrogen) atoms. The molecule has 0 radical (unpaired) electrons. The van der Waals surface area contributed by atoms with Crippen molar-refractivity contribution in [2.45, 2.75) is 264 Å². The van der Waals surface area contributed by atoms with Crippen LogP contribution in [-0.4, -0.2) is 37.2 Å². The molecule has 6 nitrogen and oxygen atoms in total. The number of unbranched alkanes of at least 4 members (excludes halogenated alkanes) is 29. The fourth-order valence-corrected chi connectivity index (χ4v) is 7.90. The molecule has 0 aromatic heterocycles. The van der Waals surface area contributed by atoms with Crippen molar-refractivity contribution < 1.29 is 28.6 Å². The van der Waals surface area contributed by atoms with E-state index >= 15 is 0 Å². The summed E-state index contributed by atoms with van der Waals surface area (Å²) in [7, 11) is 0. The largest absolute Gasteiger partial charge is 0.462 e. The fraction of sp³-hybridized carbons (Fsp3) is 0.672. The van der Waals surface area contributed by atoms with E-state index in [-0.39, 0.29) is 31.1 Å². The van der Waals surface area contributed by atoms with Crippen molar-refractivity contribution in [3.05, 3.63) is 109 Å². The zero-order chi connectivity index (χ0) is 50.7. The van der Waals surface area contributed by atoms with E-state index in [1.165, 1.54) is 109 Å². The molecule has 0 aromatic carbocycles. The van der Waals surface area contributed by atoms with Crippen molar-refractivity contribution in [2.75, 3.05) is 13.2 Å². The Morgan fingerprint density at radius 3 is 0.929 bits per heavy atom. The molecule has 0 bridgehead atoms. The van der Waals surface area contributed by atoms with Crippen molar-refractivity contribution in [2.24, 2.45) is 0 Å². The predicted octanol–water partition coefficient (Wildman–Crippen LogP) is 19.5. The van der Waals surface area contributed by atoms with Gasteiger partial charge >= 0.3 is 17.9 Å². The maximum absolute atomic E-state index is 12.9. The Morgan fingerprint density at radius 1 is 0.300 bits per heavy atom. The summed E-state index contributed by atoms with van der Waals surface area (Å²) in [5, 5.41) is 0. The smallest absolute Gasteiger partial charge is 0.306 e. The van der Waals surface area contributed by atoms with Gasteiger partial charge in [0.1, 0.15) is 13.2 Å². The summed E-state index contributed by atoms with van der Waals surface area (Å²) in [6.45, 7) is 6.39. The normalized spacial score (nSPS) is 12.9. The highest BCUT2D eigenvalue weighted by atomic mass is 16.6. The maximum Gasteiger partial charge on any atom is 0.306 e. The second kappa shape index (κ2) is 57.6. The Morgan fingerprint density at radius 2 is 0.586 bits per heavy atom. The van der Waals surface area contributed by atoms with Gasteiger partial charge < -0.3 is 14.2 Å². The minimum absolute atomic E-state index is 0.0962. The van der Waals surface area contributed by atoms with Crippen molar-refractivity contribution >= 4 is 17.9 Å². The van der Waals surface area contributed by atoms with E-state index in [1.54, 1.807) is 0 Å². The first kappa shape index (κ1) is 66.1. The van der Waals surface area contributed by atoms with Gasteiger partial charge in [0.15, 0.2) is 6.10 Å². The van der Waals surface area contributed by atoms with Gasteiger partial charge in [-0.3, -0.25) is 14.4 Å². The van der Waals surface area contributed by atoms with Crippen LogP contribution in [0.25, 0.3) is 0 Å². The van der Waals surface area contributed by atoms with Gasteiger partial charge in [0.2, 0.25) is 0 Å². The van der Waals surface area contributed by atoms with E-state index in [0.717, 1.165) is 109 Å². The highest BCUT2D eigenvalue weighted by molar-refractivity contribution is 5.71. The highest BCUT2D eigenvalue weighted by Crippen LogP contribution is 2.16. The molecule has 0 aliphatic carbocycles. The van der Waals surface area contributed by atoms with Crippen LogP contribution in [0.2, 0.25) is 0 Å². The molecule has 0 N–H and O–H groups in total. The Kier molecular flexibility index (Phi) is 54.4. The lowest BCUT2D eigenvalue weighted by Gasteiger charge is -2.18. The lowest BCUT2D eigenvalue weighted by Crippen LogP contribution is -2.30. The molecule has 0 aliphatic rings. The standard InChI is InChI=1S/C64H106O6/c1-4-7-10-13-16-19-22-25-28-30-32-34-36-39-42-45-48-51-54-57-63(66)69-60-61(59-68-62(65)56-53-50-47-44-41-38-35-27-24-21-18-15-12-9-6-3)70-64(67)58-55-52-49-46-43-40-37-33-31-29-26-23-20-17-14-11-8-5-2/h9,11-12,14-15,17-18,20-21,23-24,26-27,29,31,33,35,37,61H,4-8,10,13,16,19,22,25,28,30,32,34,36,38-60H2,1-3H3/b12-9-,14-11-,18-15-,20-17-,24-21-,26-23-,31-29-,35-27-,37-33-. The van der Waals surface area contributed by atoms with Gasteiger partial charge in [-0.05, 0) is 57.8 Å². The second-order valence-electron chi connectivity index (χ2n) is 19.0. The lowest BCUT2D eigenvalue weighted by molar-refractivity contribution is -0.167. The SMILES string of the molecule is CC\C=C/C=C\C=C/C=C\CCCCCCCC(=O)OCC(COC(=O)CCCCCCCCCCCCCCCCCCCCC)OC(=O)CCCCCCC\C=C/C=C\C=C/C=C\C=C/CCC. The molecule has 6 heteroatoms. The van der Waals surface area contributed by atoms with Crippen molar-refractivity contribution in [1.29, 1.82) is 0 Å². The highest BCUT2D eigenvalue weighted by Gasteiger charge is 2.19. The van der Waals surface area contributed by atoms with Gasteiger partial charge in [0.25, 0.3) is 0 Å². The molecule has 0 spiro atoms. The Balaban J connectivity index is 4.46. The van der Waals surface area contributed by atoms with Crippen LogP contribution in [0.1, 0.15) is 258 Å². The Labute approximate surface area is 431 Å². The zero-order valence-electron chi connectivity index (χ0n) is 45.5. The zero-order valence-corrected chi connectivity index (χ0v) is 45.5. The molecule has 0 aliphatic heterocycles. The van der Waals surface area contributed by atoms with E-state index in [1.807, 2.05) is 42.5 Å². The summed E-state index contributed by atoms with van der Waals surface area (Å²) >= 11 is 0. The molecule has 398 valence electrons. The van der Waals surface area contributed by atoms with Gasteiger partial charge in [-0.1, -0.05) is 291 Å². The van der Waals surface area contributed by atoms with Crippen molar-refractivity contribution in [1.82, 2.24) is 0 Å². The van der Waals surface area contributed by atoms with Gasteiger partial charge in [-0.2, -0.15) is 0 Å². The summed E-state index contributed by atoms with van der Waals surface area (Å²) in [6.07, 6.45) is 77.9. The third kappa shape index (κ3) is 55.0. The number of allylic oxidation sites excluding steroid dienone is 18. The van der Waals surface area contributed by atoms with Gasteiger partial charge in [-0.15, -0.1) is 0 Å². The lowest BCUT2D eigenvalue weighted by atomic mass is 10.0. The summed E-state index contributed by atoms with van der Waals surface area (Å²) in [6, 6.07) is 0. The van der Waals surface area contributed by atoms with Gasteiger partial charge in [0, 0.05) is 19.3 Å². The van der Waals surface area contributed by atoms with Crippen LogP contribution < -0.4 is 0 Å². The first-order chi connectivity index (χ1) is 34.5. The number of hydrogen-bond donors (Lipinski definition) is 0. The number of esters is 3. The fourth-order valence-electron chi connectivity index (χ4n) is 7.90. The van der Waals surface area contributed by atoms with E-state index in [4.69, 9.17) is 14.2 Å². The van der Waals surface area contributed by atoms with Gasteiger partial charge in [-0.25, -0.2) is 0 Å². The molecule has 0 fully saturated rings. The number of hydrogen-bond acceptors (Lipinski definition) is 6. The number of carbonyl (C=O) groups excluding carboxylic acids is 3. The van der Waals surface area contributed by atoms with Crippen LogP contribution in [-0.2, 0) is 28.6 Å². The molecule has 0 heterocycles. The third-order valence-corrected chi connectivity index (χ3v) is 12.2. The number of carbonyl (C=O) groups is 3. The van der Waals surface area contributed by atoms with Crippen LogP contribution in [0.15, 0.2) is 109 Å². The molecule has 0 aromatic rings. The van der Waals surface area contributed by atoms with E-state index in [0.29, 0.717) is 19.3 Å². The molecule has 0 amide bonds. The third-order valence-electron chi connectivity index (χ3n) is 12.2. The van der Waals surface area contributed by atoms with Gasteiger partial charge in [0.05, 0.1) is 0 Å². The minimum atomic E-state index is -0.803. The molecular formula is C64H106O6. The average molecular weight is 972 g/mol. The number of rotatable bonds is 51. The molecule has 0 saturated carbocycles. The minimum Gasteiger partial charge on any atom is -0.462 e. The van der Waals surface area contributed by atoms with Crippen LogP contribution in [0.4, 0.5) is 0 Å². The summed E-state index contributed by atoms with van der Waals surface area (Å²) in [4.78, 5) is 38.2. The van der Waals surface area contributed by atoms with Crippen LogP contribution in [0, 0.1) is 0 Å². The summed E-state index contributed by atoms with van der Waals surface area (Å²) in [5.74, 6) is -0.942. The van der Waals surface area contributed by atoms with Crippen molar-refractivity contribution in [3.8, 4) is 0 Å². The van der Waals surface area contributed by atoms with Crippen LogP contribution in [0.3, 0.4) is 0 Å². The first-order valence-electron chi connectivity index (χ1n) is 29.0. The van der Waals surface area contributed by atoms with Crippen LogP contribution in [0.5, 0.6) is 0 Å². The number of ether oxygens (including phenoxy) is 3. The monoisotopic (exact) mass is 971 g/mol. The van der Waals surface area contributed by atoms with E-state index < -0.39 is 6.10 Å². The van der Waals surface area contributed by atoms with Crippen LogP contribution >= 0.6 is 0 Å². The second-order valence-corrected chi connectivity index (χ2v) is 19.0. The molecule has 1 atom stereocenters. The average Bonchev–Trinajstić information content (AvgIpc) is 3.36. The molecule has 0 rings (SSSR count). The quantitative estimate of drug-likeness (QED) is 0.0262. The summed E-state index contributed by atoms with van der Waals surface area (Å²) in [5.41, 5.74) is 0. The molecule has 1 unspecified atom stereocenters. The Hall–Kier alpha value is -3.93. The Bertz CT molecular complexity index is 1440. The summed E-state index contributed by atoms with van der Waals surface area (Å²) < 4.78 is 16.8. The molecular weight excluding hydrogens is 865 g/mol. The predicted molar refractivity (Wildman–Crippen MR) is 302 cm³/mol. The van der Waals surface area contributed by atoms with E-state index in [9.17, 15) is 14.4 Å². The van der Waals surface area contributed by atoms with E-state index in [2.05, 4.69) is 87.6 Å². The molecule has 0 saturated heterocycles.